The van der Waals surface area contributed by atoms with E-state index in [1.54, 1.807) is 0 Å². The topological polar surface area (TPSA) is 9.23 Å². The first-order valence-electron chi connectivity index (χ1n) is 5.48. The fourth-order valence-electron chi connectivity index (χ4n) is 2.02. The van der Waals surface area contributed by atoms with E-state index >= 15 is 0 Å². The molecule has 76 valence electrons. The number of hydrogen-bond donors (Lipinski definition) is 0. The molecule has 0 aromatic heterocycles. The molecule has 0 N–H and O–H groups in total. The van der Waals surface area contributed by atoms with Gasteiger partial charge >= 0.3 is 0 Å². The van der Waals surface area contributed by atoms with Crippen LogP contribution in [0, 0.1) is 5.92 Å². The second-order valence-electron chi connectivity index (χ2n) is 4.33. The van der Waals surface area contributed by atoms with Crippen molar-refractivity contribution in [3.8, 4) is 0 Å². The minimum Gasteiger partial charge on any atom is -0.374 e. The largest absolute Gasteiger partial charge is 0.374 e. The van der Waals surface area contributed by atoms with Gasteiger partial charge in [0.2, 0.25) is 0 Å². The minimum absolute atomic E-state index is 0.510. The fraction of sp³-hybridized carbons (Fsp3) is 0.833. The summed E-state index contributed by atoms with van der Waals surface area (Å²) in [4.78, 5) is 0. The second-order valence-corrected chi connectivity index (χ2v) is 4.33. The van der Waals surface area contributed by atoms with Gasteiger partial charge in [-0.05, 0) is 25.7 Å². The highest BCUT2D eigenvalue weighted by atomic mass is 16.5. The number of rotatable bonds is 4. The quantitative estimate of drug-likeness (QED) is 0.604. The predicted molar refractivity (Wildman–Crippen MR) is 56.8 cm³/mol. The van der Waals surface area contributed by atoms with E-state index in [0.717, 1.165) is 18.1 Å². The maximum Gasteiger partial charge on any atom is 0.0675 e. The van der Waals surface area contributed by atoms with E-state index in [1.165, 1.54) is 32.1 Å². The average molecular weight is 182 g/mol. The molecule has 13 heavy (non-hydrogen) atoms. The highest BCUT2D eigenvalue weighted by Gasteiger charge is 2.20. The molecule has 2 unspecified atom stereocenters. The Morgan fingerprint density at radius 2 is 2.23 bits per heavy atom. The lowest BCUT2D eigenvalue weighted by Gasteiger charge is -2.28. The zero-order chi connectivity index (χ0) is 9.68. The third-order valence-corrected chi connectivity index (χ3v) is 2.88. The summed E-state index contributed by atoms with van der Waals surface area (Å²) in [6, 6.07) is 0. The molecular weight excluding hydrogens is 160 g/mol. The molecular formula is C12H22O. The summed E-state index contributed by atoms with van der Waals surface area (Å²) < 4.78 is 5.78. The maximum absolute atomic E-state index is 5.78. The van der Waals surface area contributed by atoms with Crippen molar-refractivity contribution in [2.45, 2.75) is 52.1 Å². The van der Waals surface area contributed by atoms with Crippen LogP contribution in [-0.4, -0.2) is 12.7 Å². The maximum atomic E-state index is 5.78. The predicted octanol–water partition coefficient (Wildman–Crippen LogP) is 3.55. The monoisotopic (exact) mass is 182 g/mol. The Morgan fingerprint density at radius 3 is 2.85 bits per heavy atom. The van der Waals surface area contributed by atoms with Gasteiger partial charge in [0.15, 0.2) is 0 Å². The van der Waals surface area contributed by atoms with E-state index in [2.05, 4.69) is 13.5 Å². The number of ether oxygens (including phenoxy) is 1. The molecule has 1 saturated carbocycles. The molecule has 2 atom stereocenters. The Hall–Kier alpha value is -0.300. The molecule has 0 radical (unpaired) electrons. The average Bonchev–Trinajstić information content (AvgIpc) is 2.15. The summed E-state index contributed by atoms with van der Waals surface area (Å²) >= 11 is 0. The van der Waals surface area contributed by atoms with E-state index in [9.17, 15) is 0 Å². The first-order valence-corrected chi connectivity index (χ1v) is 5.48. The van der Waals surface area contributed by atoms with Crippen LogP contribution >= 0.6 is 0 Å². The highest BCUT2D eigenvalue weighted by molar-refractivity contribution is 4.88. The van der Waals surface area contributed by atoms with Gasteiger partial charge in [0.1, 0.15) is 0 Å². The molecule has 0 bridgehead atoms. The molecule has 1 aliphatic carbocycles. The zero-order valence-electron chi connectivity index (χ0n) is 9.01. The normalized spacial score (nSPS) is 28.8. The lowest BCUT2D eigenvalue weighted by molar-refractivity contribution is 0.0253. The Bertz CT molecular complexity index is 163. The van der Waals surface area contributed by atoms with Crippen molar-refractivity contribution in [3.05, 3.63) is 12.2 Å². The lowest BCUT2D eigenvalue weighted by atomic mass is 9.85. The molecule has 1 aliphatic rings. The van der Waals surface area contributed by atoms with Crippen molar-refractivity contribution in [3.63, 3.8) is 0 Å². The van der Waals surface area contributed by atoms with E-state index < -0.39 is 0 Å². The first-order chi connectivity index (χ1) is 6.22. The SMILES string of the molecule is C=C(C)COC1CCCC(CC)C1. The summed E-state index contributed by atoms with van der Waals surface area (Å²) in [6.45, 7) is 8.92. The van der Waals surface area contributed by atoms with E-state index in [1.807, 2.05) is 6.92 Å². The molecule has 1 nitrogen and oxygen atoms in total. The molecule has 0 spiro atoms. The van der Waals surface area contributed by atoms with Crippen molar-refractivity contribution in [1.82, 2.24) is 0 Å². The smallest absolute Gasteiger partial charge is 0.0675 e. The summed E-state index contributed by atoms with van der Waals surface area (Å²) in [5, 5.41) is 0. The molecule has 0 saturated heterocycles. The summed E-state index contributed by atoms with van der Waals surface area (Å²) in [5.74, 6) is 0.906. The molecule has 1 fully saturated rings. The highest BCUT2D eigenvalue weighted by Crippen LogP contribution is 2.28. The van der Waals surface area contributed by atoms with Crippen molar-refractivity contribution in [2.75, 3.05) is 6.61 Å². The van der Waals surface area contributed by atoms with E-state index in [0.29, 0.717) is 6.10 Å². The molecule has 0 heterocycles. The van der Waals surface area contributed by atoms with Crippen molar-refractivity contribution in [2.24, 2.45) is 5.92 Å². The summed E-state index contributed by atoms with van der Waals surface area (Å²) in [5.41, 5.74) is 1.14. The van der Waals surface area contributed by atoms with Gasteiger partial charge in [-0.2, -0.15) is 0 Å². The van der Waals surface area contributed by atoms with Crippen LogP contribution < -0.4 is 0 Å². The van der Waals surface area contributed by atoms with Gasteiger partial charge < -0.3 is 4.74 Å². The van der Waals surface area contributed by atoms with Crippen LogP contribution in [0.3, 0.4) is 0 Å². The van der Waals surface area contributed by atoms with Crippen LogP contribution in [-0.2, 0) is 4.74 Å². The van der Waals surface area contributed by atoms with Crippen LogP contribution in [0.1, 0.15) is 46.0 Å². The van der Waals surface area contributed by atoms with Crippen LogP contribution in [0.4, 0.5) is 0 Å². The van der Waals surface area contributed by atoms with Gasteiger partial charge in [-0.3, -0.25) is 0 Å². The van der Waals surface area contributed by atoms with Gasteiger partial charge in [0.25, 0.3) is 0 Å². The molecule has 0 aromatic carbocycles. The lowest BCUT2D eigenvalue weighted by Crippen LogP contribution is -2.23. The van der Waals surface area contributed by atoms with Crippen molar-refractivity contribution >= 4 is 0 Å². The zero-order valence-corrected chi connectivity index (χ0v) is 9.01. The van der Waals surface area contributed by atoms with Crippen molar-refractivity contribution in [1.29, 1.82) is 0 Å². The third kappa shape index (κ3) is 3.95. The molecule has 0 aromatic rings. The van der Waals surface area contributed by atoms with Gasteiger partial charge in [-0.15, -0.1) is 0 Å². The molecule has 0 amide bonds. The summed E-state index contributed by atoms with van der Waals surface area (Å²) in [6.07, 6.45) is 7.10. The van der Waals surface area contributed by atoms with Crippen LogP contribution in [0.2, 0.25) is 0 Å². The second kappa shape index (κ2) is 5.43. The Morgan fingerprint density at radius 1 is 1.46 bits per heavy atom. The minimum atomic E-state index is 0.510. The van der Waals surface area contributed by atoms with Gasteiger partial charge in [0, 0.05) is 0 Å². The molecule has 0 aliphatic heterocycles. The standard InChI is InChI=1S/C12H22O/c1-4-11-6-5-7-12(8-11)13-9-10(2)3/h11-12H,2,4-9H2,1,3H3. The van der Waals surface area contributed by atoms with Crippen LogP contribution in [0.25, 0.3) is 0 Å². The van der Waals surface area contributed by atoms with E-state index in [4.69, 9.17) is 4.74 Å². The molecule has 1 heteroatoms. The third-order valence-electron chi connectivity index (χ3n) is 2.88. The Balaban J connectivity index is 2.21. The first kappa shape index (κ1) is 10.8. The Kier molecular flexibility index (Phi) is 4.51. The van der Waals surface area contributed by atoms with Crippen LogP contribution in [0.5, 0.6) is 0 Å². The summed E-state index contributed by atoms with van der Waals surface area (Å²) in [7, 11) is 0. The van der Waals surface area contributed by atoms with Crippen LogP contribution in [0.15, 0.2) is 12.2 Å². The van der Waals surface area contributed by atoms with Gasteiger partial charge in [-0.25, -0.2) is 0 Å². The number of hydrogen-bond acceptors (Lipinski definition) is 1. The van der Waals surface area contributed by atoms with Crippen molar-refractivity contribution < 1.29 is 4.74 Å². The fourth-order valence-corrected chi connectivity index (χ4v) is 2.02. The Labute approximate surface area is 82.2 Å². The molecule has 1 rings (SSSR count). The van der Waals surface area contributed by atoms with Gasteiger partial charge in [-0.1, -0.05) is 38.3 Å². The van der Waals surface area contributed by atoms with Gasteiger partial charge in [0.05, 0.1) is 12.7 Å². The van der Waals surface area contributed by atoms with E-state index in [-0.39, 0.29) is 0 Å².